The molecule has 0 fully saturated rings. The molecule has 3 aromatic carbocycles. The second-order valence-corrected chi connectivity index (χ2v) is 8.58. The van der Waals surface area contributed by atoms with Gasteiger partial charge < -0.3 is 9.47 Å². The maximum atomic E-state index is 13.0. The number of rotatable bonds is 9. The van der Waals surface area contributed by atoms with Gasteiger partial charge in [0.15, 0.2) is 11.5 Å². The van der Waals surface area contributed by atoms with Crippen LogP contribution in [0, 0.1) is 5.82 Å². The Kier molecular flexibility index (Phi) is 9.11. The Hall–Kier alpha value is -2.61. The summed E-state index contributed by atoms with van der Waals surface area (Å²) in [5.41, 5.74) is 4.62. The van der Waals surface area contributed by atoms with Gasteiger partial charge in [-0.1, -0.05) is 41.4 Å². The number of ether oxygens (including phenoxy) is 2. The number of hydrogen-bond acceptors (Lipinski definition) is 4. The van der Waals surface area contributed by atoms with Crippen molar-refractivity contribution in [2.45, 2.75) is 20.0 Å². The highest BCUT2D eigenvalue weighted by Crippen LogP contribution is 2.37. The van der Waals surface area contributed by atoms with E-state index in [0.29, 0.717) is 43.8 Å². The van der Waals surface area contributed by atoms with Gasteiger partial charge in [-0.15, -0.1) is 0 Å². The van der Waals surface area contributed by atoms with Crippen LogP contribution in [0.5, 0.6) is 11.5 Å². The van der Waals surface area contributed by atoms with Crippen LogP contribution >= 0.6 is 39.1 Å². The van der Waals surface area contributed by atoms with Crippen molar-refractivity contribution in [2.24, 2.45) is 5.10 Å². The van der Waals surface area contributed by atoms with Crippen molar-refractivity contribution in [1.29, 1.82) is 0 Å². The largest absolute Gasteiger partial charge is 0.490 e. The van der Waals surface area contributed by atoms with Crippen LogP contribution in [0.1, 0.15) is 23.6 Å². The third-order valence-electron chi connectivity index (χ3n) is 4.40. The van der Waals surface area contributed by atoms with Gasteiger partial charge in [-0.25, -0.2) is 9.82 Å². The van der Waals surface area contributed by atoms with Crippen LogP contribution in [0.2, 0.25) is 10.0 Å². The van der Waals surface area contributed by atoms with E-state index in [1.54, 1.807) is 42.5 Å². The van der Waals surface area contributed by atoms with Gasteiger partial charge in [0.1, 0.15) is 12.4 Å². The number of halogens is 4. The molecule has 0 aliphatic rings. The lowest BCUT2D eigenvalue weighted by molar-refractivity contribution is -0.120. The maximum Gasteiger partial charge on any atom is 0.244 e. The first-order valence-corrected chi connectivity index (χ1v) is 11.5. The second-order valence-electron chi connectivity index (χ2n) is 6.88. The average Bonchev–Trinajstić information content (AvgIpc) is 2.76. The molecule has 0 bridgehead atoms. The number of amides is 1. The minimum Gasteiger partial charge on any atom is -0.490 e. The molecule has 0 radical (unpaired) electrons. The molecule has 0 spiro atoms. The number of benzene rings is 3. The van der Waals surface area contributed by atoms with Crippen molar-refractivity contribution in [2.75, 3.05) is 6.61 Å². The summed E-state index contributed by atoms with van der Waals surface area (Å²) in [7, 11) is 0. The van der Waals surface area contributed by atoms with Gasteiger partial charge in [-0.3, -0.25) is 4.79 Å². The third-order valence-corrected chi connectivity index (χ3v) is 5.58. The SMILES string of the molecule is CCOc1cc(/C=N/NC(=O)Cc2ccc(F)cc2)cc(Br)c1OCc1ccc(Cl)cc1Cl. The van der Waals surface area contributed by atoms with Crippen LogP contribution in [0.4, 0.5) is 4.39 Å². The first-order valence-electron chi connectivity index (χ1n) is 9.95. The van der Waals surface area contributed by atoms with E-state index in [9.17, 15) is 9.18 Å². The Bertz CT molecular complexity index is 1160. The summed E-state index contributed by atoms with van der Waals surface area (Å²) in [6.07, 6.45) is 1.58. The normalized spacial score (nSPS) is 10.9. The number of carbonyl (C=O) groups is 1. The first kappa shape index (κ1) is 25.0. The molecule has 3 rings (SSSR count). The van der Waals surface area contributed by atoms with Crippen LogP contribution in [-0.2, 0) is 17.8 Å². The molecule has 0 saturated carbocycles. The molecule has 33 heavy (non-hydrogen) atoms. The Labute approximate surface area is 209 Å². The van der Waals surface area contributed by atoms with E-state index >= 15 is 0 Å². The molecule has 9 heteroatoms. The Morgan fingerprint density at radius 1 is 1.12 bits per heavy atom. The standard InChI is InChI=1S/C24H20BrCl2FN2O3/c1-2-32-22-10-16(13-29-30-23(31)11-15-3-7-19(28)8-4-15)9-20(25)24(22)33-14-17-5-6-18(26)12-21(17)27/h3-10,12-13H,2,11,14H2,1H3,(H,30,31)/b29-13+. The monoisotopic (exact) mass is 552 g/mol. The topological polar surface area (TPSA) is 59.9 Å². The molecule has 3 aromatic rings. The molecule has 1 amide bonds. The molecule has 0 saturated heterocycles. The van der Waals surface area contributed by atoms with E-state index in [1.807, 2.05) is 6.92 Å². The van der Waals surface area contributed by atoms with E-state index in [-0.39, 0.29) is 24.8 Å². The highest BCUT2D eigenvalue weighted by atomic mass is 79.9. The molecule has 0 aliphatic carbocycles. The summed E-state index contributed by atoms with van der Waals surface area (Å²) in [6, 6.07) is 14.5. The molecule has 0 heterocycles. The van der Waals surface area contributed by atoms with Gasteiger partial charge in [-0.2, -0.15) is 5.10 Å². The van der Waals surface area contributed by atoms with Gasteiger partial charge in [0.05, 0.1) is 23.7 Å². The van der Waals surface area contributed by atoms with Crippen molar-refractivity contribution in [3.63, 3.8) is 0 Å². The molecular weight excluding hydrogens is 534 g/mol. The number of nitrogens with one attached hydrogen (secondary N) is 1. The number of nitrogens with zero attached hydrogens (tertiary/aromatic N) is 1. The minimum absolute atomic E-state index is 0.0888. The smallest absolute Gasteiger partial charge is 0.244 e. The predicted molar refractivity (Wildman–Crippen MR) is 132 cm³/mol. The summed E-state index contributed by atoms with van der Waals surface area (Å²) < 4.78 is 25.3. The lowest BCUT2D eigenvalue weighted by Gasteiger charge is -2.15. The highest BCUT2D eigenvalue weighted by Gasteiger charge is 2.13. The van der Waals surface area contributed by atoms with Crippen LogP contribution in [0.3, 0.4) is 0 Å². The predicted octanol–water partition coefficient (Wildman–Crippen LogP) is 6.57. The fourth-order valence-electron chi connectivity index (χ4n) is 2.86. The number of carbonyl (C=O) groups excluding carboxylic acids is 1. The Balaban J connectivity index is 1.67. The summed E-state index contributed by atoms with van der Waals surface area (Å²) >= 11 is 15.7. The van der Waals surface area contributed by atoms with Crippen LogP contribution in [0.15, 0.2) is 64.2 Å². The van der Waals surface area contributed by atoms with Gasteiger partial charge in [-0.05, 0) is 70.4 Å². The minimum atomic E-state index is -0.350. The quantitative estimate of drug-likeness (QED) is 0.241. The summed E-state index contributed by atoms with van der Waals surface area (Å²) in [5.74, 6) is 0.356. The Morgan fingerprint density at radius 3 is 2.58 bits per heavy atom. The van der Waals surface area contributed by atoms with Gasteiger partial charge >= 0.3 is 0 Å². The summed E-state index contributed by atoms with van der Waals surface area (Å²) in [6.45, 7) is 2.52. The van der Waals surface area contributed by atoms with Gasteiger partial charge in [0.2, 0.25) is 5.91 Å². The summed E-state index contributed by atoms with van der Waals surface area (Å²) in [5, 5.41) is 5.06. The van der Waals surface area contributed by atoms with Crippen LogP contribution in [0.25, 0.3) is 0 Å². The maximum absolute atomic E-state index is 13.0. The van der Waals surface area contributed by atoms with Crippen molar-refractivity contribution in [3.05, 3.63) is 91.6 Å². The van der Waals surface area contributed by atoms with Gasteiger partial charge in [0, 0.05) is 15.6 Å². The highest BCUT2D eigenvalue weighted by molar-refractivity contribution is 9.10. The molecular formula is C24H20BrCl2FN2O3. The van der Waals surface area contributed by atoms with E-state index in [4.69, 9.17) is 32.7 Å². The van der Waals surface area contributed by atoms with E-state index < -0.39 is 0 Å². The molecule has 1 N–H and O–H groups in total. The molecule has 5 nitrogen and oxygen atoms in total. The van der Waals surface area contributed by atoms with Crippen molar-refractivity contribution in [1.82, 2.24) is 5.43 Å². The van der Waals surface area contributed by atoms with Crippen molar-refractivity contribution in [3.8, 4) is 11.5 Å². The average molecular weight is 554 g/mol. The first-order chi connectivity index (χ1) is 15.9. The zero-order valence-corrected chi connectivity index (χ0v) is 20.7. The zero-order chi connectivity index (χ0) is 23.8. The van der Waals surface area contributed by atoms with Crippen molar-refractivity contribution >= 4 is 51.3 Å². The fraction of sp³-hybridized carbons (Fsp3) is 0.167. The second kappa shape index (κ2) is 12.0. The molecule has 0 atom stereocenters. The number of hydrazone groups is 1. The van der Waals surface area contributed by atoms with Crippen LogP contribution in [-0.4, -0.2) is 18.7 Å². The van der Waals surface area contributed by atoms with E-state index in [1.165, 1.54) is 18.3 Å². The number of hydrogen-bond donors (Lipinski definition) is 1. The van der Waals surface area contributed by atoms with E-state index in [0.717, 1.165) is 5.56 Å². The fourth-order valence-corrected chi connectivity index (χ4v) is 3.90. The Morgan fingerprint density at radius 2 is 1.88 bits per heavy atom. The van der Waals surface area contributed by atoms with Crippen molar-refractivity contribution < 1.29 is 18.7 Å². The van der Waals surface area contributed by atoms with Gasteiger partial charge in [0.25, 0.3) is 0 Å². The lowest BCUT2D eigenvalue weighted by Crippen LogP contribution is -2.19. The molecule has 172 valence electrons. The van der Waals surface area contributed by atoms with E-state index in [2.05, 4.69) is 26.5 Å². The lowest BCUT2D eigenvalue weighted by atomic mass is 10.1. The zero-order valence-electron chi connectivity index (χ0n) is 17.6. The third kappa shape index (κ3) is 7.45. The molecule has 0 aliphatic heterocycles. The van der Waals surface area contributed by atoms with Crippen LogP contribution < -0.4 is 14.9 Å². The summed E-state index contributed by atoms with van der Waals surface area (Å²) in [4.78, 5) is 12.1. The molecule has 0 aromatic heterocycles. The molecule has 0 unspecified atom stereocenters.